The Kier molecular flexibility index (Phi) is 4.69. The largest absolute Gasteiger partial charge is 0.519 e. The van der Waals surface area contributed by atoms with Gasteiger partial charge in [0.2, 0.25) is 0 Å². The topological polar surface area (TPSA) is 18.5 Å². The summed E-state index contributed by atoms with van der Waals surface area (Å²) in [5, 5.41) is 0. The minimum atomic E-state index is -1.64. The molecule has 0 unspecified atom stereocenters. The van der Waals surface area contributed by atoms with Crippen molar-refractivity contribution in [3.05, 3.63) is 41.8 Å². The average molecular weight is 276 g/mol. The lowest BCUT2D eigenvalue weighted by Gasteiger charge is -2.29. The van der Waals surface area contributed by atoms with Crippen molar-refractivity contribution in [2.75, 3.05) is 6.61 Å². The highest BCUT2D eigenvalue weighted by Gasteiger charge is 2.34. The maximum atomic E-state index is 6.41. The fraction of sp³-hybridized carbons (Fsp3) is 0.500. The maximum absolute atomic E-state index is 6.41. The van der Waals surface area contributed by atoms with Crippen LogP contribution in [0.15, 0.2) is 36.3 Å². The average Bonchev–Trinajstić information content (AvgIpc) is 2.94. The summed E-state index contributed by atoms with van der Waals surface area (Å²) in [5.41, 5.74) is 2.48. The summed E-state index contributed by atoms with van der Waals surface area (Å²) in [5.74, 6) is 0.809. The van der Waals surface area contributed by atoms with Crippen LogP contribution < -0.4 is 0 Å². The van der Waals surface area contributed by atoms with Crippen molar-refractivity contribution in [3.63, 3.8) is 0 Å². The molecule has 1 aliphatic rings. The number of hydrogen-bond acceptors (Lipinski definition) is 2. The fourth-order valence-corrected chi connectivity index (χ4v) is 5.10. The zero-order valence-corrected chi connectivity index (χ0v) is 13.2. The van der Waals surface area contributed by atoms with Gasteiger partial charge in [-0.25, -0.2) is 0 Å². The third-order valence-electron chi connectivity index (χ3n) is 4.20. The Balaban J connectivity index is 2.27. The number of hydrogen-bond donors (Lipinski definition) is 0. The molecule has 0 atom stereocenters. The molecule has 0 saturated carbocycles. The first kappa shape index (κ1) is 14.2. The second-order valence-electron chi connectivity index (χ2n) is 5.08. The fourth-order valence-electron chi connectivity index (χ4n) is 2.59. The normalized spacial score (nSPS) is 15.5. The van der Waals surface area contributed by atoms with Crippen molar-refractivity contribution in [3.8, 4) is 0 Å². The first-order valence-corrected chi connectivity index (χ1v) is 9.88. The lowest BCUT2D eigenvalue weighted by Crippen LogP contribution is -2.35. The van der Waals surface area contributed by atoms with E-state index in [1.165, 1.54) is 11.1 Å². The summed E-state index contributed by atoms with van der Waals surface area (Å²) >= 11 is 0. The summed E-state index contributed by atoms with van der Waals surface area (Å²) in [6.07, 6.45) is 0.959. The van der Waals surface area contributed by atoms with Crippen molar-refractivity contribution in [2.45, 2.75) is 45.3 Å². The molecule has 0 saturated heterocycles. The minimum absolute atomic E-state index is 0.751. The van der Waals surface area contributed by atoms with Crippen LogP contribution in [0.2, 0.25) is 18.1 Å². The third kappa shape index (κ3) is 3.03. The standard InChI is InChI=1S/C16H24O2Si/c1-4-19(5-2,6-3)18-16-15(12-13-17-16)14-10-8-7-9-11-14/h7-11H,4-6,12-13H2,1-3H3. The van der Waals surface area contributed by atoms with E-state index in [2.05, 4.69) is 45.0 Å². The molecule has 0 radical (unpaired) electrons. The summed E-state index contributed by atoms with van der Waals surface area (Å²) < 4.78 is 12.2. The van der Waals surface area contributed by atoms with Crippen molar-refractivity contribution >= 4 is 13.9 Å². The van der Waals surface area contributed by atoms with E-state index in [9.17, 15) is 0 Å². The highest BCUT2D eigenvalue weighted by Crippen LogP contribution is 2.34. The predicted octanol–water partition coefficient (Wildman–Crippen LogP) is 4.80. The first-order chi connectivity index (χ1) is 9.24. The number of rotatable bonds is 6. The van der Waals surface area contributed by atoms with Gasteiger partial charge in [0.25, 0.3) is 14.3 Å². The molecule has 1 aromatic carbocycles. The predicted molar refractivity (Wildman–Crippen MR) is 82.2 cm³/mol. The van der Waals surface area contributed by atoms with Gasteiger partial charge >= 0.3 is 0 Å². The minimum Gasteiger partial charge on any atom is -0.519 e. The highest BCUT2D eigenvalue weighted by molar-refractivity contribution is 6.73. The van der Waals surface area contributed by atoms with Crippen molar-refractivity contribution in [1.29, 1.82) is 0 Å². The van der Waals surface area contributed by atoms with Gasteiger partial charge in [-0.3, -0.25) is 0 Å². The molecule has 3 heteroatoms. The van der Waals surface area contributed by atoms with Crippen LogP contribution in [0.3, 0.4) is 0 Å². The molecule has 0 amide bonds. The molecule has 0 bridgehead atoms. The van der Waals surface area contributed by atoms with E-state index in [4.69, 9.17) is 9.16 Å². The summed E-state index contributed by atoms with van der Waals surface area (Å²) in [6.45, 7) is 7.49. The molecule has 2 nitrogen and oxygen atoms in total. The van der Waals surface area contributed by atoms with Crippen molar-refractivity contribution in [2.24, 2.45) is 0 Å². The monoisotopic (exact) mass is 276 g/mol. The van der Waals surface area contributed by atoms with Crippen LogP contribution in [0, 0.1) is 0 Å². The molecule has 1 aliphatic heterocycles. The molecule has 104 valence electrons. The zero-order chi connectivity index (χ0) is 13.7. The lowest BCUT2D eigenvalue weighted by molar-refractivity contribution is 0.126. The van der Waals surface area contributed by atoms with Crippen LogP contribution >= 0.6 is 0 Å². The summed E-state index contributed by atoms with van der Waals surface area (Å²) in [6, 6.07) is 13.9. The van der Waals surface area contributed by atoms with Crippen molar-refractivity contribution in [1.82, 2.24) is 0 Å². The molecule has 1 heterocycles. The highest BCUT2D eigenvalue weighted by atomic mass is 28.4. The molecule has 0 aromatic heterocycles. The van der Waals surface area contributed by atoms with E-state index in [0.29, 0.717) is 0 Å². The van der Waals surface area contributed by atoms with E-state index < -0.39 is 8.32 Å². The molecule has 0 spiro atoms. The van der Waals surface area contributed by atoms with Crippen LogP contribution in [0.4, 0.5) is 0 Å². The SMILES string of the molecule is CC[Si](CC)(CC)OC1=C(c2ccccc2)CCO1. The van der Waals surface area contributed by atoms with E-state index in [0.717, 1.165) is 37.1 Å². The maximum Gasteiger partial charge on any atom is 0.269 e. The van der Waals surface area contributed by atoms with Gasteiger partial charge in [0.15, 0.2) is 0 Å². The van der Waals surface area contributed by atoms with Crippen molar-refractivity contribution < 1.29 is 9.16 Å². The van der Waals surface area contributed by atoms with E-state index in [-0.39, 0.29) is 0 Å². The Labute approximate surface area is 117 Å². The number of benzene rings is 1. The van der Waals surface area contributed by atoms with Crippen LogP contribution in [0.5, 0.6) is 0 Å². The quantitative estimate of drug-likeness (QED) is 0.695. The third-order valence-corrected chi connectivity index (χ3v) is 8.68. The zero-order valence-electron chi connectivity index (χ0n) is 12.2. The van der Waals surface area contributed by atoms with Gasteiger partial charge in [-0.05, 0) is 23.7 Å². The summed E-state index contributed by atoms with van der Waals surface area (Å²) in [4.78, 5) is 0. The second-order valence-corrected chi connectivity index (χ2v) is 9.77. The Hall–Kier alpha value is -1.22. The Bertz CT molecular complexity index is 427. The van der Waals surface area contributed by atoms with E-state index in [1.54, 1.807) is 0 Å². The van der Waals surface area contributed by atoms with E-state index >= 15 is 0 Å². The first-order valence-electron chi connectivity index (χ1n) is 7.35. The lowest BCUT2D eigenvalue weighted by atomic mass is 10.1. The van der Waals surface area contributed by atoms with Crippen LogP contribution in [0.1, 0.15) is 32.8 Å². The summed E-state index contributed by atoms with van der Waals surface area (Å²) in [7, 11) is -1.64. The van der Waals surface area contributed by atoms with Crippen LogP contribution in [-0.4, -0.2) is 14.9 Å². The smallest absolute Gasteiger partial charge is 0.269 e. The molecular formula is C16H24O2Si. The van der Waals surface area contributed by atoms with Gasteiger partial charge in [0.05, 0.1) is 6.61 Å². The van der Waals surface area contributed by atoms with Crippen LogP contribution in [-0.2, 0) is 9.16 Å². The van der Waals surface area contributed by atoms with E-state index in [1.807, 2.05) is 6.07 Å². The van der Waals surface area contributed by atoms with Gasteiger partial charge in [-0.2, -0.15) is 0 Å². The molecule has 1 aromatic rings. The Morgan fingerprint density at radius 2 is 1.68 bits per heavy atom. The Morgan fingerprint density at radius 3 is 2.26 bits per heavy atom. The van der Waals surface area contributed by atoms with Crippen LogP contribution in [0.25, 0.3) is 5.57 Å². The number of ether oxygens (including phenoxy) is 1. The molecule has 0 fully saturated rings. The Morgan fingerprint density at radius 1 is 1.05 bits per heavy atom. The molecule has 0 aliphatic carbocycles. The second kappa shape index (κ2) is 6.28. The molecular weight excluding hydrogens is 252 g/mol. The van der Waals surface area contributed by atoms with Gasteiger partial charge in [-0.15, -0.1) is 0 Å². The van der Waals surface area contributed by atoms with Gasteiger partial charge in [0, 0.05) is 12.0 Å². The molecule has 0 N–H and O–H groups in total. The molecule has 2 rings (SSSR count). The van der Waals surface area contributed by atoms with Gasteiger partial charge < -0.3 is 9.16 Å². The van der Waals surface area contributed by atoms with Gasteiger partial charge in [0.1, 0.15) is 0 Å². The van der Waals surface area contributed by atoms with Gasteiger partial charge in [-0.1, -0.05) is 51.1 Å². The molecule has 19 heavy (non-hydrogen) atoms.